The molecule has 1 saturated carbocycles. The van der Waals surface area contributed by atoms with Crippen LogP contribution in [0.3, 0.4) is 0 Å². The summed E-state index contributed by atoms with van der Waals surface area (Å²) in [5.74, 6) is 1.66. The van der Waals surface area contributed by atoms with Gasteiger partial charge in [0.05, 0.1) is 0 Å². The van der Waals surface area contributed by atoms with Crippen molar-refractivity contribution in [2.45, 2.75) is 57.8 Å². The average Bonchev–Trinajstić information content (AvgIpc) is 2.38. The molecular weight excluding hydrogens is 212 g/mol. The normalized spacial score (nSPS) is 17.4. The second-order valence-corrected chi connectivity index (χ2v) is 5.34. The lowest BCUT2D eigenvalue weighted by Gasteiger charge is -2.26. The zero-order valence-corrected chi connectivity index (χ0v) is 10.8. The molecule has 1 aliphatic carbocycles. The topological polar surface area (TPSA) is 29.5 Å². The van der Waals surface area contributed by atoms with Crippen molar-refractivity contribution in [3.8, 4) is 5.75 Å². The minimum Gasteiger partial charge on any atom is -0.340 e. The van der Waals surface area contributed by atoms with Crippen LogP contribution in [0, 0.1) is 0 Å². The summed E-state index contributed by atoms with van der Waals surface area (Å²) in [5, 5.41) is 8.99. The Kier molecular flexibility index (Phi) is 4.06. The summed E-state index contributed by atoms with van der Waals surface area (Å²) >= 11 is 0. The van der Waals surface area contributed by atoms with Crippen molar-refractivity contribution in [2.75, 3.05) is 0 Å². The van der Waals surface area contributed by atoms with Crippen molar-refractivity contribution in [3.05, 3.63) is 29.3 Å². The molecule has 2 nitrogen and oxygen atoms in total. The van der Waals surface area contributed by atoms with Crippen LogP contribution in [0.4, 0.5) is 0 Å². The van der Waals surface area contributed by atoms with E-state index in [0.717, 1.165) is 0 Å². The standard InChI is InChI=1S/C15H22O2/c1-11(2)15-13(9-6-10-14(15)17-16)12-7-4-3-5-8-12/h6,9-12,16H,3-5,7-8H2,1-2H3. The van der Waals surface area contributed by atoms with Crippen molar-refractivity contribution < 1.29 is 10.1 Å². The van der Waals surface area contributed by atoms with Gasteiger partial charge in [0.25, 0.3) is 0 Å². The van der Waals surface area contributed by atoms with Gasteiger partial charge in [0, 0.05) is 5.56 Å². The molecule has 94 valence electrons. The highest BCUT2D eigenvalue weighted by Gasteiger charge is 2.22. The molecule has 0 bridgehead atoms. The molecule has 1 fully saturated rings. The van der Waals surface area contributed by atoms with Crippen LogP contribution in [-0.4, -0.2) is 5.26 Å². The molecule has 0 spiro atoms. The highest BCUT2D eigenvalue weighted by Crippen LogP contribution is 2.40. The summed E-state index contributed by atoms with van der Waals surface area (Å²) in [6.45, 7) is 4.31. The molecule has 2 heteroatoms. The molecule has 0 amide bonds. The number of benzene rings is 1. The quantitative estimate of drug-likeness (QED) is 0.606. The van der Waals surface area contributed by atoms with Crippen molar-refractivity contribution in [3.63, 3.8) is 0 Å². The molecular formula is C15H22O2. The van der Waals surface area contributed by atoms with Crippen LogP contribution in [0.25, 0.3) is 0 Å². The predicted octanol–water partition coefficient (Wildman–Crippen LogP) is 4.71. The molecule has 1 N–H and O–H groups in total. The lowest BCUT2D eigenvalue weighted by atomic mass is 9.80. The molecule has 0 heterocycles. The van der Waals surface area contributed by atoms with E-state index in [2.05, 4.69) is 24.8 Å². The van der Waals surface area contributed by atoms with Crippen LogP contribution in [0.1, 0.15) is 68.9 Å². The van der Waals surface area contributed by atoms with Crippen LogP contribution in [0.15, 0.2) is 18.2 Å². The Morgan fingerprint density at radius 2 is 1.88 bits per heavy atom. The van der Waals surface area contributed by atoms with Crippen LogP contribution >= 0.6 is 0 Å². The molecule has 2 rings (SSSR count). The van der Waals surface area contributed by atoms with Gasteiger partial charge in [0.1, 0.15) is 0 Å². The van der Waals surface area contributed by atoms with Crippen molar-refractivity contribution >= 4 is 0 Å². The Balaban J connectivity index is 2.37. The highest BCUT2D eigenvalue weighted by atomic mass is 17.1. The van der Waals surface area contributed by atoms with Gasteiger partial charge < -0.3 is 4.89 Å². The Hall–Kier alpha value is -1.02. The van der Waals surface area contributed by atoms with Crippen molar-refractivity contribution in [1.29, 1.82) is 0 Å². The van der Waals surface area contributed by atoms with Crippen LogP contribution in [0.5, 0.6) is 5.75 Å². The van der Waals surface area contributed by atoms with E-state index in [0.29, 0.717) is 17.6 Å². The summed E-state index contributed by atoms with van der Waals surface area (Å²) in [5.41, 5.74) is 2.56. The molecule has 0 aliphatic heterocycles. The summed E-state index contributed by atoms with van der Waals surface area (Å²) in [4.78, 5) is 4.54. The smallest absolute Gasteiger partial charge is 0.168 e. The molecule has 0 atom stereocenters. The molecule has 1 aromatic rings. The number of hydrogen-bond acceptors (Lipinski definition) is 2. The molecule has 0 radical (unpaired) electrons. The third-order valence-corrected chi connectivity index (χ3v) is 3.82. The molecule has 1 aliphatic rings. The van der Waals surface area contributed by atoms with Gasteiger partial charge in [-0.2, -0.15) is 0 Å². The average molecular weight is 234 g/mol. The first-order valence-electron chi connectivity index (χ1n) is 6.68. The minimum atomic E-state index is 0.385. The van der Waals surface area contributed by atoms with Gasteiger partial charge in [0.15, 0.2) is 5.75 Å². The first kappa shape index (κ1) is 12.4. The van der Waals surface area contributed by atoms with Gasteiger partial charge in [-0.25, -0.2) is 5.26 Å². The highest BCUT2D eigenvalue weighted by molar-refractivity contribution is 5.44. The van der Waals surface area contributed by atoms with E-state index in [9.17, 15) is 0 Å². The first-order valence-corrected chi connectivity index (χ1v) is 6.68. The maximum Gasteiger partial charge on any atom is 0.168 e. The molecule has 17 heavy (non-hydrogen) atoms. The lowest BCUT2D eigenvalue weighted by Crippen LogP contribution is -2.09. The summed E-state index contributed by atoms with van der Waals surface area (Å²) < 4.78 is 0. The van der Waals surface area contributed by atoms with Crippen LogP contribution in [0.2, 0.25) is 0 Å². The van der Waals surface area contributed by atoms with Gasteiger partial charge >= 0.3 is 0 Å². The van der Waals surface area contributed by atoms with Crippen molar-refractivity contribution in [1.82, 2.24) is 0 Å². The van der Waals surface area contributed by atoms with E-state index >= 15 is 0 Å². The van der Waals surface area contributed by atoms with Crippen molar-refractivity contribution in [2.24, 2.45) is 0 Å². The second-order valence-electron chi connectivity index (χ2n) is 5.34. The fourth-order valence-electron chi connectivity index (χ4n) is 3.03. The second kappa shape index (κ2) is 5.54. The Morgan fingerprint density at radius 3 is 2.47 bits per heavy atom. The fourth-order valence-corrected chi connectivity index (χ4v) is 3.03. The van der Waals surface area contributed by atoms with Crippen LogP contribution < -0.4 is 4.89 Å². The Labute approximate surface area is 104 Å². The van der Waals surface area contributed by atoms with E-state index in [1.54, 1.807) is 0 Å². The van der Waals surface area contributed by atoms with E-state index in [4.69, 9.17) is 5.26 Å². The fraction of sp³-hybridized carbons (Fsp3) is 0.600. The van der Waals surface area contributed by atoms with E-state index in [1.807, 2.05) is 12.1 Å². The van der Waals surface area contributed by atoms with Gasteiger partial charge in [-0.15, -0.1) is 0 Å². The summed E-state index contributed by atoms with van der Waals surface area (Å²) in [7, 11) is 0. The predicted molar refractivity (Wildman–Crippen MR) is 69.6 cm³/mol. The summed E-state index contributed by atoms with van der Waals surface area (Å²) in [6.07, 6.45) is 6.56. The first-order chi connectivity index (χ1) is 8.24. The van der Waals surface area contributed by atoms with Crippen LogP contribution in [-0.2, 0) is 0 Å². The van der Waals surface area contributed by atoms with Gasteiger partial charge in [-0.05, 0) is 36.3 Å². The zero-order chi connectivity index (χ0) is 12.3. The monoisotopic (exact) mass is 234 g/mol. The number of rotatable bonds is 3. The number of hydrogen-bond donors (Lipinski definition) is 1. The zero-order valence-electron chi connectivity index (χ0n) is 10.8. The maximum atomic E-state index is 8.99. The minimum absolute atomic E-state index is 0.385. The lowest BCUT2D eigenvalue weighted by molar-refractivity contribution is -0.138. The third-order valence-electron chi connectivity index (χ3n) is 3.82. The van der Waals surface area contributed by atoms with Gasteiger partial charge in [-0.1, -0.05) is 45.2 Å². The van der Waals surface area contributed by atoms with E-state index in [-0.39, 0.29) is 0 Å². The Morgan fingerprint density at radius 1 is 1.18 bits per heavy atom. The molecule has 0 saturated heterocycles. The SMILES string of the molecule is CC(C)c1c(OO)cccc1C1CCCCC1. The molecule has 1 aromatic carbocycles. The maximum absolute atomic E-state index is 8.99. The summed E-state index contributed by atoms with van der Waals surface area (Å²) in [6, 6.07) is 6.04. The molecule has 0 unspecified atom stereocenters. The molecule has 0 aromatic heterocycles. The van der Waals surface area contributed by atoms with E-state index in [1.165, 1.54) is 43.2 Å². The largest absolute Gasteiger partial charge is 0.340 e. The van der Waals surface area contributed by atoms with Gasteiger partial charge in [0.2, 0.25) is 0 Å². The third kappa shape index (κ3) is 2.63. The van der Waals surface area contributed by atoms with E-state index < -0.39 is 0 Å². The van der Waals surface area contributed by atoms with Gasteiger partial charge in [-0.3, -0.25) is 0 Å². The Bertz CT molecular complexity index is 365.